The predicted octanol–water partition coefficient (Wildman–Crippen LogP) is 3.12. The van der Waals surface area contributed by atoms with Crippen molar-refractivity contribution in [2.24, 2.45) is 0 Å². The van der Waals surface area contributed by atoms with E-state index in [1.165, 1.54) is 17.5 Å². The molecule has 1 unspecified atom stereocenters. The molecule has 19 heavy (non-hydrogen) atoms. The summed E-state index contributed by atoms with van der Waals surface area (Å²) in [6.45, 7) is 5.85. The van der Waals surface area contributed by atoms with E-state index < -0.39 is 0 Å². The van der Waals surface area contributed by atoms with Gasteiger partial charge in [0.1, 0.15) is 0 Å². The number of carbonyl (C=O) groups is 1. The number of urea groups is 1. The minimum absolute atomic E-state index is 0.0971. The first-order chi connectivity index (χ1) is 9.16. The number of piperidine rings is 1. The minimum Gasteiger partial charge on any atom is -0.338 e. The Balaban J connectivity index is 1.77. The average Bonchev–Trinajstić information content (AvgIpc) is 2.39. The van der Waals surface area contributed by atoms with Crippen LogP contribution in [0.1, 0.15) is 37.3 Å². The molecule has 3 heteroatoms. The summed E-state index contributed by atoms with van der Waals surface area (Å²) >= 11 is 0. The Labute approximate surface area is 116 Å². The number of nitrogens with zero attached hydrogens (tertiary/aromatic N) is 1. The fourth-order valence-corrected chi connectivity index (χ4v) is 2.68. The molecule has 0 aliphatic carbocycles. The zero-order chi connectivity index (χ0) is 13.7. The van der Waals surface area contributed by atoms with Crippen molar-refractivity contribution in [2.75, 3.05) is 13.1 Å². The number of nitrogens with one attached hydrogen (secondary N) is 1. The van der Waals surface area contributed by atoms with Gasteiger partial charge in [0.2, 0.25) is 0 Å². The Morgan fingerprint density at radius 1 is 1.42 bits per heavy atom. The van der Waals surface area contributed by atoms with Crippen molar-refractivity contribution in [1.29, 1.82) is 0 Å². The van der Waals surface area contributed by atoms with E-state index in [1.807, 2.05) is 4.90 Å². The second-order valence-electron chi connectivity index (χ2n) is 5.51. The van der Waals surface area contributed by atoms with Crippen LogP contribution < -0.4 is 5.32 Å². The summed E-state index contributed by atoms with van der Waals surface area (Å²) in [5.41, 5.74) is 2.56. The van der Waals surface area contributed by atoms with Crippen LogP contribution in [0.3, 0.4) is 0 Å². The van der Waals surface area contributed by atoms with E-state index in [4.69, 9.17) is 0 Å². The van der Waals surface area contributed by atoms with Gasteiger partial charge >= 0.3 is 6.03 Å². The smallest absolute Gasteiger partial charge is 0.317 e. The van der Waals surface area contributed by atoms with Crippen molar-refractivity contribution in [1.82, 2.24) is 10.2 Å². The Bertz CT molecular complexity index is 431. The fraction of sp³-hybridized carbons (Fsp3) is 0.562. The molecule has 1 atom stereocenters. The lowest BCUT2D eigenvalue weighted by Gasteiger charge is -2.33. The van der Waals surface area contributed by atoms with Gasteiger partial charge in [-0.25, -0.2) is 4.79 Å². The largest absolute Gasteiger partial charge is 0.338 e. The van der Waals surface area contributed by atoms with E-state index in [0.29, 0.717) is 12.6 Å². The SMILES string of the molecule is Cc1cccc(CCNC(=O)N2CCCCC2C)c1. The third-order valence-corrected chi connectivity index (χ3v) is 3.84. The van der Waals surface area contributed by atoms with Crippen LogP contribution in [0.15, 0.2) is 24.3 Å². The first kappa shape index (κ1) is 13.9. The highest BCUT2D eigenvalue weighted by molar-refractivity contribution is 5.74. The van der Waals surface area contributed by atoms with Gasteiger partial charge in [-0.05, 0) is 45.1 Å². The molecule has 3 nitrogen and oxygen atoms in total. The summed E-state index contributed by atoms with van der Waals surface area (Å²) in [5, 5.41) is 3.04. The molecule has 0 spiro atoms. The average molecular weight is 260 g/mol. The summed E-state index contributed by atoms with van der Waals surface area (Å²) < 4.78 is 0. The van der Waals surface area contributed by atoms with Gasteiger partial charge in [0.05, 0.1) is 0 Å². The number of amides is 2. The van der Waals surface area contributed by atoms with E-state index in [1.54, 1.807) is 0 Å². The highest BCUT2D eigenvalue weighted by atomic mass is 16.2. The van der Waals surface area contributed by atoms with Crippen molar-refractivity contribution < 1.29 is 4.79 Å². The zero-order valence-corrected chi connectivity index (χ0v) is 12.0. The molecule has 1 saturated heterocycles. The van der Waals surface area contributed by atoms with Gasteiger partial charge in [0.25, 0.3) is 0 Å². The number of rotatable bonds is 3. The molecule has 2 rings (SSSR count). The highest BCUT2D eigenvalue weighted by Crippen LogP contribution is 2.16. The van der Waals surface area contributed by atoms with Crippen LogP contribution in [0.4, 0.5) is 4.79 Å². The molecule has 1 fully saturated rings. The molecule has 0 saturated carbocycles. The van der Waals surface area contributed by atoms with Gasteiger partial charge in [-0.2, -0.15) is 0 Å². The van der Waals surface area contributed by atoms with Crippen LogP contribution in [-0.2, 0) is 6.42 Å². The topological polar surface area (TPSA) is 32.3 Å². The Morgan fingerprint density at radius 3 is 3.00 bits per heavy atom. The van der Waals surface area contributed by atoms with E-state index in [0.717, 1.165) is 25.8 Å². The quantitative estimate of drug-likeness (QED) is 0.889. The molecular formula is C16H24N2O. The first-order valence-electron chi connectivity index (χ1n) is 7.27. The van der Waals surface area contributed by atoms with Crippen molar-refractivity contribution in [3.05, 3.63) is 35.4 Å². The standard InChI is InChI=1S/C16H24N2O/c1-13-6-5-8-15(12-13)9-10-17-16(19)18-11-4-3-7-14(18)2/h5-6,8,12,14H,3-4,7,9-11H2,1-2H3,(H,17,19). The molecule has 1 aromatic carbocycles. The second-order valence-corrected chi connectivity index (χ2v) is 5.51. The number of hydrogen-bond donors (Lipinski definition) is 1. The Hall–Kier alpha value is -1.51. The van der Waals surface area contributed by atoms with Crippen LogP contribution in [0.5, 0.6) is 0 Å². The van der Waals surface area contributed by atoms with Gasteiger partial charge in [-0.15, -0.1) is 0 Å². The van der Waals surface area contributed by atoms with Crippen LogP contribution >= 0.6 is 0 Å². The van der Waals surface area contributed by atoms with Crippen LogP contribution in [-0.4, -0.2) is 30.1 Å². The molecule has 2 amide bonds. The molecule has 1 N–H and O–H groups in total. The van der Waals surface area contributed by atoms with Gasteiger partial charge in [0, 0.05) is 19.1 Å². The summed E-state index contributed by atoms with van der Waals surface area (Å²) in [5.74, 6) is 0. The number of benzene rings is 1. The minimum atomic E-state index is 0.0971. The fourth-order valence-electron chi connectivity index (χ4n) is 2.68. The van der Waals surface area contributed by atoms with E-state index in [9.17, 15) is 4.79 Å². The van der Waals surface area contributed by atoms with Crippen molar-refractivity contribution in [3.63, 3.8) is 0 Å². The van der Waals surface area contributed by atoms with Gasteiger partial charge < -0.3 is 10.2 Å². The number of carbonyl (C=O) groups excluding carboxylic acids is 1. The van der Waals surface area contributed by atoms with Crippen molar-refractivity contribution in [3.8, 4) is 0 Å². The molecule has 1 aliphatic rings. The molecular weight excluding hydrogens is 236 g/mol. The lowest BCUT2D eigenvalue weighted by atomic mass is 10.0. The van der Waals surface area contributed by atoms with Crippen LogP contribution in [0.2, 0.25) is 0 Å². The highest BCUT2D eigenvalue weighted by Gasteiger charge is 2.22. The molecule has 1 aliphatic heterocycles. The van der Waals surface area contributed by atoms with E-state index in [-0.39, 0.29) is 6.03 Å². The molecule has 104 valence electrons. The van der Waals surface area contributed by atoms with Crippen molar-refractivity contribution >= 4 is 6.03 Å². The van der Waals surface area contributed by atoms with Gasteiger partial charge in [0.15, 0.2) is 0 Å². The molecule has 1 aromatic rings. The lowest BCUT2D eigenvalue weighted by molar-refractivity contribution is 0.158. The molecule has 0 aromatic heterocycles. The number of hydrogen-bond acceptors (Lipinski definition) is 1. The van der Waals surface area contributed by atoms with E-state index >= 15 is 0 Å². The maximum absolute atomic E-state index is 12.1. The molecule has 0 bridgehead atoms. The van der Waals surface area contributed by atoms with Gasteiger partial charge in [-0.3, -0.25) is 0 Å². The Morgan fingerprint density at radius 2 is 2.26 bits per heavy atom. The zero-order valence-electron chi connectivity index (χ0n) is 12.0. The Kier molecular flexibility index (Phi) is 4.83. The third kappa shape index (κ3) is 3.98. The molecule has 1 heterocycles. The van der Waals surface area contributed by atoms with E-state index in [2.05, 4.69) is 43.4 Å². The second kappa shape index (κ2) is 6.60. The summed E-state index contributed by atoms with van der Waals surface area (Å²) in [7, 11) is 0. The normalized spacial score (nSPS) is 19.3. The first-order valence-corrected chi connectivity index (χ1v) is 7.27. The van der Waals surface area contributed by atoms with Gasteiger partial charge in [-0.1, -0.05) is 29.8 Å². The predicted molar refractivity (Wildman–Crippen MR) is 78.3 cm³/mol. The third-order valence-electron chi connectivity index (χ3n) is 3.84. The lowest BCUT2D eigenvalue weighted by Crippen LogP contribution is -2.47. The van der Waals surface area contributed by atoms with Crippen LogP contribution in [0, 0.1) is 6.92 Å². The maximum atomic E-state index is 12.1. The van der Waals surface area contributed by atoms with Crippen molar-refractivity contribution in [2.45, 2.75) is 45.6 Å². The molecule has 0 radical (unpaired) electrons. The summed E-state index contributed by atoms with van der Waals surface area (Å²) in [6.07, 6.45) is 4.41. The maximum Gasteiger partial charge on any atom is 0.317 e. The monoisotopic (exact) mass is 260 g/mol. The summed E-state index contributed by atoms with van der Waals surface area (Å²) in [6, 6.07) is 8.93. The number of aryl methyl sites for hydroxylation is 1. The summed E-state index contributed by atoms with van der Waals surface area (Å²) in [4.78, 5) is 14.1. The van der Waals surface area contributed by atoms with Crippen LogP contribution in [0.25, 0.3) is 0 Å². The number of likely N-dealkylation sites (tertiary alicyclic amines) is 1.